The third kappa shape index (κ3) is 3.53. The molecule has 3 nitrogen and oxygen atoms in total. The number of hydrogen-bond donors (Lipinski definition) is 2. The second-order valence-corrected chi connectivity index (χ2v) is 4.30. The zero-order valence-electron chi connectivity index (χ0n) is 10.6. The molecule has 100 valence electrons. The standard InChI is InChI=1S/C15H17FN2O/c16-12-6-7-15(13(8-12)14(18)9-17)19-10-11-4-2-1-3-5-11/h1-8,14H,9-10,17-18H2. The molecule has 0 aromatic heterocycles. The zero-order valence-corrected chi connectivity index (χ0v) is 10.6. The second-order valence-electron chi connectivity index (χ2n) is 4.30. The van der Waals surface area contributed by atoms with Crippen molar-refractivity contribution in [3.8, 4) is 5.75 Å². The summed E-state index contributed by atoms with van der Waals surface area (Å²) in [5.74, 6) is 0.231. The molecule has 4 N–H and O–H groups in total. The molecule has 0 fully saturated rings. The van der Waals surface area contributed by atoms with Crippen LogP contribution in [-0.2, 0) is 6.61 Å². The van der Waals surface area contributed by atoms with Crippen molar-refractivity contribution in [2.24, 2.45) is 11.5 Å². The van der Waals surface area contributed by atoms with Crippen molar-refractivity contribution < 1.29 is 9.13 Å². The van der Waals surface area contributed by atoms with E-state index in [-0.39, 0.29) is 12.4 Å². The number of rotatable bonds is 5. The minimum Gasteiger partial charge on any atom is -0.489 e. The Morgan fingerprint density at radius 1 is 1.11 bits per heavy atom. The molecular formula is C15H17FN2O. The Morgan fingerprint density at radius 2 is 1.84 bits per heavy atom. The minimum absolute atomic E-state index is 0.241. The average molecular weight is 260 g/mol. The molecule has 2 rings (SSSR count). The maximum atomic E-state index is 13.3. The zero-order chi connectivity index (χ0) is 13.7. The van der Waals surface area contributed by atoms with Gasteiger partial charge in [-0.25, -0.2) is 4.39 Å². The first-order valence-electron chi connectivity index (χ1n) is 6.12. The quantitative estimate of drug-likeness (QED) is 0.867. The van der Waals surface area contributed by atoms with Gasteiger partial charge in [-0.1, -0.05) is 30.3 Å². The van der Waals surface area contributed by atoms with Crippen molar-refractivity contribution in [1.82, 2.24) is 0 Å². The van der Waals surface area contributed by atoms with Crippen LogP contribution >= 0.6 is 0 Å². The maximum Gasteiger partial charge on any atom is 0.124 e. The fourth-order valence-electron chi connectivity index (χ4n) is 1.80. The van der Waals surface area contributed by atoms with Crippen LogP contribution < -0.4 is 16.2 Å². The summed E-state index contributed by atoms with van der Waals surface area (Å²) in [5.41, 5.74) is 13.0. The van der Waals surface area contributed by atoms with Gasteiger partial charge in [0.25, 0.3) is 0 Å². The smallest absolute Gasteiger partial charge is 0.124 e. The number of hydrogen-bond acceptors (Lipinski definition) is 3. The van der Waals surface area contributed by atoms with Gasteiger partial charge in [-0.3, -0.25) is 0 Å². The summed E-state index contributed by atoms with van der Waals surface area (Å²) in [6, 6.07) is 13.6. The lowest BCUT2D eigenvalue weighted by molar-refractivity contribution is 0.300. The Morgan fingerprint density at radius 3 is 2.53 bits per heavy atom. The van der Waals surface area contributed by atoms with Gasteiger partial charge in [-0.2, -0.15) is 0 Å². The van der Waals surface area contributed by atoms with Crippen LogP contribution in [0.15, 0.2) is 48.5 Å². The molecule has 19 heavy (non-hydrogen) atoms. The van der Waals surface area contributed by atoms with Crippen LogP contribution in [0.5, 0.6) is 5.75 Å². The maximum absolute atomic E-state index is 13.3. The molecule has 0 amide bonds. The van der Waals surface area contributed by atoms with E-state index in [1.54, 1.807) is 6.07 Å². The van der Waals surface area contributed by atoms with Crippen molar-refractivity contribution in [1.29, 1.82) is 0 Å². The topological polar surface area (TPSA) is 61.3 Å². The highest BCUT2D eigenvalue weighted by Gasteiger charge is 2.12. The van der Waals surface area contributed by atoms with Gasteiger partial charge in [0, 0.05) is 18.2 Å². The molecule has 0 bridgehead atoms. The summed E-state index contributed by atoms with van der Waals surface area (Å²) in [6.45, 7) is 0.655. The van der Waals surface area contributed by atoms with Gasteiger partial charge in [-0.05, 0) is 23.8 Å². The number of nitrogens with two attached hydrogens (primary N) is 2. The molecule has 1 unspecified atom stereocenters. The van der Waals surface area contributed by atoms with Gasteiger partial charge >= 0.3 is 0 Å². The van der Waals surface area contributed by atoms with Gasteiger partial charge in [-0.15, -0.1) is 0 Å². The SMILES string of the molecule is NCC(N)c1cc(F)ccc1OCc1ccccc1. The van der Waals surface area contributed by atoms with E-state index in [1.165, 1.54) is 12.1 Å². The lowest BCUT2D eigenvalue weighted by Crippen LogP contribution is -2.21. The van der Waals surface area contributed by atoms with E-state index in [1.807, 2.05) is 30.3 Å². The van der Waals surface area contributed by atoms with Crippen LogP contribution in [0.25, 0.3) is 0 Å². The highest BCUT2D eigenvalue weighted by atomic mass is 19.1. The number of benzene rings is 2. The fraction of sp³-hybridized carbons (Fsp3) is 0.200. The highest BCUT2D eigenvalue weighted by molar-refractivity contribution is 5.36. The molecule has 2 aromatic carbocycles. The van der Waals surface area contributed by atoms with Crippen LogP contribution in [0.3, 0.4) is 0 Å². The Kier molecular flexibility index (Phi) is 4.49. The Hall–Kier alpha value is -1.91. The molecule has 0 aliphatic rings. The lowest BCUT2D eigenvalue weighted by atomic mass is 10.1. The molecule has 0 saturated carbocycles. The van der Waals surface area contributed by atoms with Gasteiger partial charge in [0.2, 0.25) is 0 Å². The lowest BCUT2D eigenvalue weighted by Gasteiger charge is -2.15. The molecule has 4 heteroatoms. The van der Waals surface area contributed by atoms with Crippen molar-refractivity contribution >= 4 is 0 Å². The summed E-state index contributed by atoms with van der Waals surface area (Å²) in [5, 5.41) is 0. The molecule has 0 aliphatic heterocycles. The van der Waals surface area contributed by atoms with Gasteiger partial charge in [0.15, 0.2) is 0 Å². The third-order valence-electron chi connectivity index (χ3n) is 2.86. The first-order valence-corrected chi connectivity index (χ1v) is 6.12. The summed E-state index contributed by atoms with van der Waals surface area (Å²) < 4.78 is 19.0. The molecule has 2 aromatic rings. The first kappa shape index (κ1) is 13.5. The summed E-state index contributed by atoms with van der Waals surface area (Å²) in [4.78, 5) is 0. The van der Waals surface area contributed by atoms with Crippen LogP contribution in [0.2, 0.25) is 0 Å². The van der Waals surface area contributed by atoms with Gasteiger partial charge in [0.05, 0.1) is 0 Å². The predicted molar refractivity (Wildman–Crippen MR) is 73.2 cm³/mol. The van der Waals surface area contributed by atoms with Crippen LogP contribution in [-0.4, -0.2) is 6.54 Å². The van der Waals surface area contributed by atoms with Crippen molar-refractivity contribution in [3.05, 3.63) is 65.5 Å². The minimum atomic E-state index is -0.429. The van der Waals surface area contributed by atoms with Crippen molar-refractivity contribution in [2.45, 2.75) is 12.6 Å². The van der Waals surface area contributed by atoms with E-state index in [0.717, 1.165) is 5.56 Å². The Balaban J connectivity index is 2.15. The second kappa shape index (κ2) is 6.31. The largest absolute Gasteiger partial charge is 0.489 e. The van der Waals surface area contributed by atoms with Crippen molar-refractivity contribution in [2.75, 3.05) is 6.54 Å². The molecule has 1 atom stereocenters. The highest BCUT2D eigenvalue weighted by Crippen LogP contribution is 2.25. The first-order chi connectivity index (χ1) is 9.20. The van der Waals surface area contributed by atoms with Crippen LogP contribution in [0.1, 0.15) is 17.2 Å². The number of ether oxygens (including phenoxy) is 1. The molecule has 0 radical (unpaired) electrons. The van der Waals surface area contributed by atoms with E-state index >= 15 is 0 Å². The summed E-state index contributed by atoms with van der Waals surface area (Å²) >= 11 is 0. The normalized spacial score (nSPS) is 12.2. The molecule has 0 saturated heterocycles. The number of halogens is 1. The Bertz CT molecular complexity index is 531. The molecule has 0 heterocycles. The monoisotopic (exact) mass is 260 g/mol. The summed E-state index contributed by atoms with van der Waals surface area (Å²) in [6.07, 6.45) is 0. The summed E-state index contributed by atoms with van der Waals surface area (Å²) in [7, 11) is 0. The van der Waals surface area contributed by atoms with E-state index in [4.69, 9.17) is 16.2 Å². The predicted octanol–water partition coefficient (Wildman–Crippen LogP) is 2.36. The van der Waals surface area contributed by atoms with Gasteiger partial charge < -0.3 is 16.2 Å². The molecule has 0 spiro atoms. The average Bonchev–Trinajstić information content (AvgIpc) is 2.46. The van der Waals surface area contributed by atoms with Gasteiger partial charge in [0.1, 0.15) is 18.2 Å². The fourth-order valence-corrected chi connectivity index (χ4v) is 1.80. The van der Waals surface area contributed by atoms with E-state index < -0.39 is 6.04 Å². The van der Waals surface area contributed by atoms with Crippen molar-refractivity contribution in [3.63, 3.8) is 0 Å². The van der Waals surface area contributed by atoms with Crippen LogP contribution in [0, 0.1) is 5.82 Å². The molecular weight excluding hydrogens is 243 g/mol. The Labute approximate surface area is 112 Å². The van der Waals surface area contributed by atoms with Crippen LogP contribution in [0.4, 0.5) is 4.39 Å². The third-order valence-corrected chi connectivity index (χ3v) is 2.86. The van der Waals surface area contributed by atoms with E-state index in [2.05, 4.69) is 0 Å². The van der Waals surface area contributed by atoms with E-state index in [0.29, 0.717) is 17.9 Å². The van der Waals surface area contributed by atoms with E-state index in [9.17, 15) is 4.39 Å². The molecule has 0 aliphatic carbocycles.